The highest BCUT2D eigenvalue weighted by Gasteiger charge is 2.31. The molecular weight excluding hydrogens is 336 g/mol. The van der Waals surface area contributed by atoms with Gasteiger partial charge in [0.1, 0.15) is 5.75 Å². The number of hydrogen-bond acceptors (Lipinski definition) is 2. The highest BCUT2D eigenvalue weighted by molar-refractivity contribution is 5.96. The molecule has 1 aliphatic heterocycles. The lowest BCUT2D eigenvalue weighted by Gasteiger charge is -2.18. The van der Waals surface area contributed by atoms with Gasteiger partial charge < -0.3 is 9.84 Å². The topological polar surface area (TPSA) is 46.5 Å². The summed E-state index contributed by atoms with van der Waals surface area (Å²) in [6.07, 6.45) is 0.0264. The van der Waals surface area contributed by atoms with Gasteiger partial charge in [-0.3, -0.25) is 4.79 Å². The molecule has 3 nitrogen and oxygen atoms in total. The molecule has 0 aliphatic carbocycles. The molecule has 0 spiro atoms. The first kappa shape index (κ1) is 17.6. The molecule has 138 valence electrons. The molecule has 1 heterocycles. The fourth-order valence-corrected chi connectivity index (χ4v) is 4.20. The third kappa shape index (κ3) is 2.97. The lowest BCUT2D eigenvalue weighted by Crippen LogP contribution is -2.07. The number of carboxylic acids is 1. The number of fused-ring (bicyclic) bond motifs is 3. The Labute approximate surface area is 159 Å². The van der Waals surface area contributed by atoms with Crippen LogP contribution < -0.4 is 4.74 Å². The van der Waals surface area contributed by atoms with E-state index in [1.165, 1.54) is 11.1 Å². The molecule has 3 heteroatoms. The molecule has 0 amide bonds. The largest absolute Gasteiger partial charge is 0.492 e. The first-order valence-corrected chi connectivity index (χ1v) is 9.46. The van der Waals surface area contributed by atoms with E-state index in [2.05, 4.69) is 38.1 Å². The zero-order chi connectivity index (χ0) is 19.1. The molecule has 0 aromatic heterocycles. The van der Waals surface area contributed by atoms with Crippen molar-refractivity contribution in [2.24, 2.45) is 0 Å². The summed E-state index contributed by atoms with van der Waals surface area (Å²) in [4.78, 5) is 11.5. The Balaban J connectivity index is 1.89. The van der Waals surface area contributed by atoms with Crippen LogP contribution in [0.4, 0.5) is 0 Å². The minimum Gasteiger partial charge on any atom is -0.492 e. The van der Waals surface area contributed by atoms with Gasteiger partial charge in [0, 0.05) is 16.9 Å². The van der Waals surface area contributed by atoms with E-state index in [0.717, 1.165) is 33.2 Å². The van der Waals surface area contributed by atoms with Crippen LogP contribution in [0, 0.1) is 6.92 Å². The second kappa shape index (κ2) is 6.73. The van der Waals surface area contributed by atoms with Crippen molar-refractivity contribution in [3.63, 3.8) is 0 Å². The molecule has 0 saturated heterocycles. The Morgan fingerprint density at radius 1 is 1.11 bits per heavy atom. The molecule has 3 aromatic rings. The number of carboxylic acid groups (broad SMARTS) is 1. The molecule has 0 bridgehead atoms. The molecular formula is C24H24O3. The summed E-state index contributed by atoms with van der Waals surface area (Å²) in [5.74, 6) is 0.743. The minimum absolute atomic E-state index is 0.0264. The molecule has 1 aliphatic rings. The van der Waals surface area contributed by atoms with Crippen molar-refractivity contribution in [2.45, 2.75) is 39.0 Å². The van der Waals surface area contributed by atoms with Gasteiger partial charge in [-0.15, -0.1) is 0 Å². The molecule has 1 atom stereocenters. The quantitative estimate of drug-likeness (QED) is 0.675. The maximum atomic E-state index is 11.5. The van der Waals surface area contributed by atoms with Crippen LogP contribution in [0.5, 0.6) is 5.75 Å². The molecule has 0 fully saturated rings. The molecule has 0 saturated carbocycles. The van der Waals surface area contributed by atoms with Crippen molar-refractivity contribution in [1.29, 1.82) is 0 Å². The molecule has 1 N–H and O–H groups in total. The van der Waals surface area contributed by atoms with Crippen molar-refractivity contribution in [3.8, 4) is 5.75 Å². The van der Waals surface area contributed by atoms with E-state index in [4.69, 9.17) is 4.74 Å². The molecule has 4 rings (SSSR count). The van der Waals surface area contributed by atoms with Crippen LogP contribution in [0.3, 0.4) is 0 Å². The van der Waals surface area contributed by atoms with Crippen molar-refractivity contribution < 1.29 is 14.6 Å². The van der Waals surface area contributed by atoms with Crippen LogP contribution in [-0.4, -0.2) is 17.7 Å². The van der Waals surface area contributed by atoms with E-state index in [-0.39, 0.29) is 12.3 Å². The van der Waals surface area contributed by atoms with Gasteiger partial charge in [-0.1, -0.05) is 62.4 Å². The van der Waals surface area contributed by atoms with Gasteiger partial charge in [0.25, 0.3) is 0 Å². The Kier molecular flexibility index (Phi) is 4.39. The van der Waals surface area contributed by atoms with Crippen LogP contribution in [0.2, 0.25) is 0 Å². The number of carbonyl (C=O) groups is 1. The monoisotopic (exact) mass is 360 g/mol. The smallest absolute Gasteiger partial charge is 0.307 e. The summed E-state index contributed by atoms with van der Waals surface area (Å²) in [5, 5.41) is 11.4. The highest BCUT2D eigenvalue weighted by Crippen LogP contribution is 2.46. The number of ether oxygens (including phenoxy) is 1. The van der Waals surface area contributed by atoms with Crippen LogP contribution in [0.25, 0.3) is 10.8 Å². The fourth-order valence-electron chi connectivity index (χ4n) is 4.20. The zero-order valence-corrected chi connectivity index (χ0v) is 16.0. The average molecular weight is 360 g/mol. The Morgan fingerprint density at radius 2 is 1.78 bits per heavy atom. The summed E-state index contributed by atoms with van der Waals surface area (Å²) >= 11 is 0. The van der Waals surface area contributed by atoms with E-state index >= 15 is 0 Å². The van der Waals surface area contributed by atoms with Gasteiger partial charge >= 0.3 is 5.97 Å². The van der Waals surface area contributed by atoms with E-state index in [1.807, 2.05) is 31.2 Å². The number of aliphatic carboxylic acids is 1. The molecule has 27 heavy (non-hydrogen) atoms. The van der Waals surface area contributed by atoms with E-state index < -0.39 is 5.97 Å². The van der Waals surface area contributed by atoms with Gasteiger partial charge in [-0.25, -0.2) is 0 Å². The van der Waals surface area contributed by atoms with Crippen LogP contribution in [-0.2, 0) is 11.2 Å². The van der Waals surface area contributed by atoms with E-state index in [0.29, 0.717) is 12.5 Å². The molecule has 1 unspecified atom stereocenters. The lowest BCUT2D eigenvalue weighted by molar-refractivity contribution is -0.136. The predicted octanol–water partition coefficient (Wildman–Crippen LogP) is 5.42. The third-order valence-electron chi connectivity index (χ3n) is 5.67. The van der Waals surface area contributed by atoms with Gasteiger partial charge in [-0.05, 0) is 40.5 Å². The molecule has 0 radical (unpaired) electrons. The average Bonchev–Trinajstić information content (AvgIpc) is 3.10. The molecule has 3 aromatic carbocycles. The maximum Gasteiger partial charge on any atom is 0.307 e. The van der Waals surface area contributed by atoms with Crippen LogP contribution >= 0.6 is 0 Å². The van der Waals surface area contributed by atoms with Crippen LogP contribution in [0.1, 0.15) is 53.5 Å². The summed E-state index contributed by atoms with van der Waals surface area (Å²) in [7, 11) is 0. The van der Waals surface area contributed by atoms with Gasteiger partial charge in [0.15, 0.2) is 0 Å². The van der Waals surface area contributed by atoms with Gasteiger partial charge in [0.05, 0.1) is 13.0 Å². The number of hydrogen-bond donors (Lipinski definition) is 1. The maximum absolute atomic E-state index is 11.5. The SMILES string of the molecule is Cc1c2c(c3ccccc3c1CC(=O)O)OCC2c1ccc(C(C)C)cc1. The number of rotatable bonds is 4. The van der Waals surface area contributed by atoms with Crippen LogP contribution in [0.15, 0.2) is 48.5 Å². The lowest BCUT2D eigenvalue weighted by atomic mass is 9.84. The Morgan fingerprint density at radius 3 is 2.41 bits per heavy atom. The van der Waals surface area contributed by atoms with E-state index in [9.17, 15) is 9.90 Å². The third-order valence-corrected chi connectivity index (χ3v) is 5.67. The summed E-state index contributed by atoms with van der Waals surface area (Å²) in [6.45, 7) is 7.01. The predicted molar refractivity (Wildman–Crippen MR) is 108 cm³/mol. The standard InChI is InChI=1S/C24H24O3/c1-14(2)16-8-10-17(11-9-16)21-13-27-24-19-7-5-4-6-18(19)20(12-22(25)26)15(3)23(21)24/h4-11,14,21H,12-13H2,1-3H3,(H,25,26). The zero-order valence-electron chi connectivity index (χ0n) is 16.0. The van der Waals surface area contributed by atoms with Crippen molar-refractivity contribution in [1.82, 2.24) is 0 Å². The minimum atomic E-state index is -0.806. The first-order valence-electron chi connectivity index (χ1n) is 9.46. The Bertz CT molecular complexity index is 1020. The Hall–Kier alpha value is -2.81. The van der Waals surface area contributed by atoms with Crippen molar-refractivity contribution in [3.05, 3.63) is 76.3 Å². The first-order chi connectivity index (χ1) is 13.0. The summed E-state index contributed by atoms with van der Waals surface area (Å²) < 4.78 is 6.15. The normalized spacial score (nSPS) is 15.8. The second-order valence-corrected chi connectivity index (χ2v) is 7.65. The highest BCUT2D eigenvalue weighted by atomic mass is 16.5. The van der Waals surface area contributed by atoms with E-state index in [1.54, 1.807) is 0 Å². The van der Waals surface area contributed by atoms with Crippen molar-refractivity contribution in [2.75, 3.05) is 6.61 Å². The second-order valence-electron chi connectivity index (χ2n) is 7.65. The van der Waals surface area contributed by atoms with Crippen molar-refractivity contribution >= 4 is 16.7 Å². The summed E-state index contributed by atoms with van der Waals surface area (Å²) in [6, 6.07) is 16.7. The van der Waals surface area contributed by atoms with Gasteiger partial charge in [-0.2, -0.15) is 0 Å². The van der Waals surface area contributed by atoms with Gasteiger partial charge in [0.2, 0.25) is 0 Å². The fraction of sp³-hybridized carbons (Fsp3) is 0.292. The summed E-state index contributed by atoms with van der Waals surface area (Å²) in [5.41, 5.74) is 5.62. The number of benzene rings is 3.